The molecule has 0 saturated carbocycles. The predicted molar refractivity (Wildman–Crippen MR) is 123 cm³/mol. The summed E-state index contributed by atoms with van der Waals surface area (Å²) in [6.07, 6.45) is 0.108. The third-order valence-electron chi connectivity index (χ3n) is 4.19. The molecule has 0 radical (unpaired) electrons. The van der Waals surface area contributed by atoms with Crippen LogP contribution in [0.25, 0.3) is 0 Å². The van der Waals surface area contributed by atoms with E-state index in [1.807, 2.05) is 92.7 Å². The summed E-state index contributed by atoms with van der Waals surface area (Å²) in [5.74, 6) is 2.09. The van der Waals surface area contributed by atoms with E-state index < -0.39 is 0 Å². The normalized spacial score (nSPS) is 10.4. The van der Waals surface area contributed by atoms with Crippen LogP contribution in [0.1, 0.15) is 13.8 Å². The Bertz CT molecular complexity index is 943. The van der Waals surface area contributed by atoms with Gasteiger partial charge in [-0.3, -0.25) is 4.79 Å². The zero-order valence-corrected chi connectivity index (χ0v) is 17.8. The molecule has 0 unspecified atom stereocenters. The lowest BCUT2D eigenvalue weighted by Crippen LogP contribution is -2.22. The number of carbonyl (C=O) groups excluding carboxylic acids is 1. The highest BCUT2D eigenvalue weighted by Crippen LogP contribution is 2.23. The van der Waals surface area contributed by atoms with Crippen LogP contribution in [0.3, 0.4) is 0 Å². The van der Waals surface area contributed by atoms with Gasteiger partial charge in [-0.15, -0.1) is 0 Å². The number of benzene rings is 3. The second-order valence-corrected chi connectivity index (χ2v) is 7.10. The number of anilines is 2. The van der Waals surface area contributed by atoms with Crippen molar-refractivity contribution in [1.82, 2.24) is 0 Å². The maximum absolute atomic E-state index is 12.3. The molecule has 1 amide bonds. The van der Waals surface area contributed by atoms with Crippen LogP contribution in [-0.2, 0) is 4.79 Å². The number of rotatable bonds is 11. The summed E-state index contributed by atoms with van der Waals surface area (Å²) in [5.41, 5.74) is 1.46. The van der Waals surface area contributed by atoms with Crippen LogP contribution in [0, 0.1) is 0 Å². The predicted octanol–water partition coefficient (Wildman–Crippen LogP) is 4.98. The van der Waals surface area contributed by atoms with Crippen LogP contribution in [0.15, 0.2) is 78.9 Å². The minimum absolute atomic E-state index is 0.108. The van der Waals surface area contributed by atoms with Crippen molar-refractivity contribution in [2.45, 2.75) is 20.0 Å². The average molecular weight is 421 g/mol. The molecule has 0 bridgehead atoms. The Kier molecular flexibility index (Phi) is 8.17. The molecule has 0 aromatic heterocycles. The zero-order chi connectivity index (χ0) is 21.9. The Morgan fingerprint density at radius 3 is 2.23 bits per heavy atom. The molecule has 0 aliphatic rings. The van der Waals surface area contributed by atoms with Crippen LogP contribution in [0.5, 0.6) is 17.2 Å². The fourth-order valence-electron chi connectivity index (χ4n) is 2.84. The van der Waals surface area contributed by atoms with Gasteiger partial charge in [0, 0.05) is 5.69 Å². The fraction of sp³-hybridized carbons (Fsp3) is 0.240. The molecule has 3 rings (SSSR count). The van der Waals surface area contributed by atoms with E-state index in [9.17, 15) is 4.79 Å². The highest BCUT2D eigenvalue weighted by Gasteiger charge is 2.07. The van der Waals surface area contributed by atoms with Gasteiger partial charge < -0.3 is 24.8 Å². The lowest BCUT2D eigenvalue weighted by atomic mass is 10.3. The van der Waals surface area contributed by atoms with Gasteiger partial charge in [-0.2, -0.15) is 0 Å². The molecule has 6 heteroatoms. The van der Waals surface area contributed by atoms with E-state index in [4.69, 9.17) is 14.2 Å². The van der Waals surface area contributed by atoms with Crippen LogP contribution in [0.4, 0.5) is 11.4 Å². The number of carbonyl (C=O) groups is 1. The molecule has 0 fully saturated rings. The first-order valence-corrected chi connectivity index (χ1v) is 10.3. The molecule has 0 saturated heterocycles. The van der Waals surface area contributed by atoms with Crippen molar-refractivity contribution in [3.63, 3.8) is 0 Å². The minimum Gasteiger partial charge on any atom is -0.491 e. The van der Waals surface area contributed by atoms with Crippen LogP contribution in [-0.4, -0.2) is 31.8 Å². The van der Waals surface area contributed by atoms with Gasteiger partial charge in [0.1, 0.15) is 30.5 Å². The summed E-state index contributed by atoms with van der Waals surface area (Å²) < 4.78 is 17.1. The van der Waals surface area contributed by atoms with Crippen molar-refractivity contribution < 1.29 is 19.0 Å². The Morgan fingerprint density at radius 1 is 0.806 bits per heavy atom. The van der Waals surface area contributed by atoms with Gasteiger partial charge in [0.05, 0.1) is 18.3 Å². The smallest absolute Gasteiger partial charge is 0.243 e. The fourth-order valence-corrected chi connectivity index (χ4v) is 2.84. The number of para-hydroxylation sites is 3. The molecule has 0 spiro atoms. The zero-order valence-electron chi connectivity index (χ0n) is 17.8. The van der Waals surface area contributed by atoms with Crippen molar-refractivity contribution >= 4 is 17.3 Å². The lowest BCUT2D eigenvalue weighted by molar-refractivity contribution is -0.114. The topological polar surface area (TPSA) is 68.8 Å². The van der Waals surface area contributed by atoms with E-state index in [0.717, 1.165) is 17.2 Å². The maximum Gasteiger partial charge on any atom is 0.243 e. The van der Waals surface area contributed by atoms with Gasteiger partial charge in [0.2, 0.25) is 5.91 Å². The summed E-state index contributed by atoms with van der Waals surface area (Å²) in [5, 5.41) is 5.99. The van der Waals surface area contributed by atoms with Crippen LogP contribution in [0.2, 0.25) is 0 Å². The Morgan fingerprint density at radius 2 is 1.48 bits per heavy atom. The summed E-state index contributed by atoms with van der Waals surface area (Å²) >= 11 is 0. The first-order chi connectivity index (χ1) is 15.1. The van der Waals surface area contributed by atoms with E-state index in [0.29, 0.717) is 24.7 Å². The number of hydrogen-bond acceptors (Lipinski definition) is 5. The van der Waals surface area contributed by atoms with Crippen molar-refractivity contribution in [2.75, 3.05) is 30.4 Å². The first-order valence-electron chi connectivity index (χ1n) is 10.3. The SMILES string of the molecule is CC(C)Oc1ccc(NC(=O)CNc2ccccc2OCCOc2ccccc2)cc1. The van der Waals surface area contributed by atoms with Crippen LogP contribution < -0.4 is 24.8 Å². The number of nitrogens with one attached hydrogen (secondary N) is 2. The molecule has 3 aromatic rings. The molecular formula is C25H28N2O4. The Balaban J connectivity index is 1.45. The molecule has 0 atom stereocenters. The standard InChI is InChI=1S/C25H28N2O4/c1-19(2)31-22-14-12-20(13-15-22)27-25(28)18-26-23-10-6-7-11-24(23)30-17-16-29-21-8-4-3-5-9-21/h3-15,19,26H,16-18H2,1-2H3,(H,27,28). The second kappa shape index (κ2) is 11.5. The van der Waals surface area contributed by atoms with Gasteiger partial charge in [0.15, 0.2) is 0 Å². The molecule has 31 heavy (non-hydrogen) atoms. The van der Waals surface area contributed by atoms with E-state index >= 15 is 0 Å². The molecule has 0 aliphatic carbocycles. The number of hydrogen-bond donors (Lipinski definition) is 2. The van der Waals surface area contributed by atoms with Crippen molar-refractivity contribution in [2.24, 2.45) is 0 Å². The van der Waals surface area contributed by atoms with Crippen LogP contribution >= 0.6 is 0 Å². The minimum atomic E-state index is -0.153. The van der Waals surface area contributed by atoms with E-state index in [-0.39, 0.29) is 18.6 Å². The third kappa shape index (κ3) is 7.59. The molecule has 2 N–H and O–H groups in total. The summed E-state index contributed by atoms with van der Waals surface area (Å²) in [6.45, 7) is 4.88. The maximum atomic E-state index is 12.3. The van der Waals surface area contributed by atoms with Gasteiger partial charge in [0.25, 0.3) is 0 Å². The molecular weight excluding hydrogens is 392 g/mol. The first kappa shape index (κ1) is 22.0. The molecule has 162 valence electrons. The van der Waals surface area contributed by atoms with Gasteiger partial charge >= 0.3 is 0 Å². The largest absolute Gasteiger partial charge is 0.491 e. The summed E-state index contributed by atoms with van der Waals surface area (Å²) in [4.78, 5) is 12.3. The summed E-state index contributed by atoms with van der Waals surface area (Å²) in [6, 6.07) is 24.4. The quantitative estimate of drug-likeness (QED) is 0.428. The van der Waals surface area contributed by atoms with Crippen molar-refractivity contribution in [1.29, 1.82) is 0 Å². The molecule has 3 aromatic carbocycles. The molecule has 0 aliphatic heterocycles. The number of ether oxygens (including phenoxy) is 3. The van der Waals surface area contributed by atoms with Gasteiger partial charge in [-0.1, -0.05) is 30.3 Å². The average Bonchev–Trinajstić information content (AvgIpc) is 2.78. The van der Waals surface area contributed by atoms with Crippen molar-refractivity contribution in [3.05, 3.63) is 78.9 Å². The Labute approximate surface area is 183 Å². The third-order valence-corrected chi connectivity index (χ3v) is 4.19. The highest BCUT2D eigenvalue weighted by molar-refractivity contribution is 5.94. The van der Waals surface area contributed by atoms with Gasteiger partial charge in [-0.05, 0) is 62.4 Å². The lowest BCUT2D eigenvalue weighted by Gasteiger charge is -2.14. The Hall–Kier alpha value is -3.67. The molecule has 6 nitrogen and oxygen atoms in total. The number of amides is 1. The van der Waals surface area contributed by atoms with E-state index in [1.54, 1.807) is 0 Å². The van der Waals surface area contributed by atoms with Crippen molar-refractivity contribution in [3.8, 4) is 17.2 Å². The molecule has 0 heterocycles. The second-order valence-electron chi connectivity index (χ2n) is 7.10. The highest BCUT2D eigenvalue weighted by atomic mass is 16.5. The van der Waals surface area contributed by atoms with E-state index in [1.165, 1.54) is 0 Å². The monoisotopic (exact) mass is 420 g/mol. The summed E-state index contributed by atoms with van der Waals surface area (Å²) in [7, 11) is 0. The van der Waals surface area contributed by atoms with Gasteiger partial charge in [-0.25, -0.2) is 0 Å². The van der Waals surface area contributed by atoms with E-state index in [2.05, 4.69) is 10.6 Å².